The second-order valence-electron chi connectivity index (χ2n) is 7.85. The van der Waals surface area contributed by atoms with Crippen molar-refractivity contribution in [2.45, 2.75) is 25.6 Å². The molecule has 1 atom stereocenters. The summed E-state index contributed by atoms with van der Waals surface area (Å²) in [6.45, 7) is 0.678. The van der Waals surface area contributed by atoms with Crippen LogP contribution in [-0.4, -0.2) is 29.2 Å². The first-order valence-corrected chi connectivity index (χ1v) is 11.9. The number of hydrogen-bond donors (Lipinski definition) is 3. The fraction of sp³-hybridized carbons (Fsp3) is 0.192. The lowest BCUT2D eigenvalue weighted by molar-refractivity contribution is -0.139. The first-order chi connectivity index (χ1) is 16.4. The van der Waals surface area contributed by atoms with Gasteiger partial charge >= 0.3 is 5.97 Å². The summed E-state index contributed by atoms with van der Waals surface area (Å²) < 4.78 is 12.3. The van der Waals surface area contributed by atoms with Crippen LogP contribution in [0.2, 0.25) is 5.02 Å². The Bertz CT molecular complexity index is 1310. The van der Waals surface area contributed by atoms with E-state index in [1.54, 1.807) is 7.11 Å². The topological polar surface area (TPSA) is 83.6 Å². The number of nitrogens with one attached hydrogen (secondary N) is 2. The molecule has 0 aliphatic heterocycles. The third-order valence-electron chi connectivity index (χ3n) is 5.55. The zero-order valence-corrected chi connectivity index (χ0v) is 20.8. The Labute approximate surface area is 211 Å². The van der Waals surface area contributed by atoms with Gasteiger partial charge in [0.1, 0.15) is 12.6 Å². The van der Waals surface area contributed by atoms with Crippen molar-refractivity contribution in [1.29, 1.82) is 0 Å². The van der Waals surface area contributed by atoms with Crippen molar-refractivity contribution in [1.82, 2.24) is 10.3 Å². The Morgan fingerprint density at radius 2 is 1.94 bits per heavy atom. The molecule has 0 spiro atoms. The van der Waals surface area contributed by atoms with Gasteiger partial charge < -0.3 is 19.6 Å². The normalized spacial score (nSPS) is 12.0. The second kappa shape index (κ2) is 11.0. The van der Waals surface area contributed by atoms with E-state index < -0.39 is 12.0 Å². The Hall–Kier alpha value is -3.00. The summed E-state index contributed by atoms with van der Waals surface area (Å²) in [5.41, 5.74) is 3.74. The maximum Gasteiger partial charge on any atom is 0.321 e. The van der Waals surface area contributed by atoms with Crippen molar-refractivity contribution < 1.29 is 19.4 Å². The van der Waals surface area contributed by atoms with E-state index in [0.717, 1.165) is 32.1 Å². The Morgan fingerprint density at radius 3 is 2.71 bits per heavy atom. The molecule has 34 heavy (non-hydrogen) atoms. The third kappa shape index (κ3) is 5.73. The molecular formula is C26H24BrClN2O4. The molecule has 0 bridgehead atoms. The van der Waals surface area contributed by atoms with E-state index in [0.29, 0.717) is 36.1 Å². The highest BCUT2D eigenvalue weighted by Crippen LogP contribution is 2.34. The maximum absolute atomic E-state index is 12.0. The van der Waals surface area contributed by atoms with Crippen LogP contribution in [0.25, 0.3) is 10.9 Å². The van der Waals surface area contributed by atoms with Gasteiger partial charge in [0.15, 0.2) is 11.5 Å². The van der Waals surface area contributed by atoms with E-state index in [1.165, 1.54) is 0 Å². The molecule has 4 rings (SSSR count). The van der Waals surface area contributed by atoms with Crippen molar-refractivity contribution >= 4 is 44.4 Å². The highest BCUT2D eigenvalue weighted by Gasteiger charge is 2.20. The van der Waals surface area contributed by atoms with Crippen LogP contribution >= 0.6 is 27.5 Å². The molecule has 3 N–H and O–H groups in total. The van der Waals surface area contributed by atoms with Gasteiger partial charge in [-0.15, -0.1) is 0 Å². The Kier molecular flexibility index (Phi) is 7.77. The summed E-state index contributed by atoms with van der Waals surface area (Å²) in [5.74, 6) is 0.229. The molecule has 0 aliphatic carbocycles. The zero-order chi connectivity index (χ0) is 24.1. The third-order valence-corrected chi connectivity index (χ3v) is 6.53. The lowest BCUT2D eigenvalue weighted by atomic mass is 10.0. The number of methoxy groups -OCH3 is 1. The molecule has 0 saturated heterocycles. The number of benzene rings is 3. The molecule has 1 unspecified atom stereocenters. The SMILES string of the molecule is COc1cc(CNC(Cc2c[nH]c3ccccc23)C(=O)O)c(Br)cc1OCc1cccc(Cl)c1. The number of carboxylic acids is 1. The number of aromatic amines is 1. The van der Waals surface area contributed by atoms with Crippen molar-refractivity contribution in [3.63, 3.8) is 0 Å². The summed E-state index contributed by atoms with van der Waals surface area (Å²) in [4.78, 5) is 15.1. The fourth-order valence-corrected chi connectivity index (χ4v) is 4.45. The molecule has 1 heterocycles. The quantitative estimate of drug-likeness (QED) is 0.230. The molecule has 0 aliphatic rings. The van der Waals surface area contributed by atoms with E-state index in [1.807, 2.05) is 66.9 Å². The highest BCUT2D eigenvalue weighted by molar-refractivity contribution is 9.10. The van der Waals surface area contributed by atoms with Crippen LogP contribution < -0.4 is 14.8 Å². The predicted octanol–water partition coefficient (Wildman–Crippen LogP) is 5.96. The summed E-state index contributed by atoms with van der Waals surface area (Å²) in [6.07, 6.45) is 2.22. The molecule has 0 fully saturated rings. The monoisotopic (exact) mass is 542 g/mol. The number of rotatable bonds is 10. The molecule has 4 aromatic rings. The molecular weight excluding hydrogens is 520 g/mol. The summed E-state index contributed by atoms with van der Waals surface area (Å²) >= 11 is 9.63. The fourth-order valence-electron chi connectivity index (χ4n) is 3.77. The number of ether oxygens (including phenoxy) is 2. The van der Waals surface area contributed by atoms with Gasteiger partial charge in [-0.05, 0) is 47.0 Å². The minimum Gasteiger partial charge on any atom is -0.493 e. The van der Waals surface area contributed by atoms with Crippen molar-refractivity contribution in [2.75, 3.05) is 7.11 Å². The van der Waals surface area contributed by atoms with E-state index >= 15 is 0 Å². The number of para-hydroxylation sites is 1. The van der Waals surface area contributed by atoms with Gasteiger partial charge in [0.05, 0.1) is 7.11 Å². The number of fused-ring (bicyclic) bond motifs is 1. The van der Waals surface area contributed by atoms with Gasteiger partial charge in [0.25, 0.3) is 0 Å². The average molecular weight is 544 g/mol. The zero-order valence-electron chi connectivity index (χ0n) is 18.5. The summed E-state index contributed by atoms with van der Waals surface area (Å²) in [7, 11) is 1.57. The molecule has 0 radical (unpaired) electrons. The second-order valence-corrected chi connectivity index (χ2v) is 9.14. The van der Waals surface area contributed by atoms with E-state index in [-0.39, 0.29) is 0 Å². The minimum absolute atomic E-state index is 0.338. The molecule has 8 heteroatoms. The highest BCUT2D eigenvalue weighted by atomic mass is 79.9. The van der Waals surface area contributed by atoms with Crippen LogP contribution in [0.3, 0.4) is 0 Å². The Balaban J connectivity index is 1.46. The number of aromatic nitrogens is 1. The molecule has 3 aromatic carbocycles. The lowest BCUT2D eigenvalue weighted by Gasteiger charge is -2.17. The van der Waals surface area contributed by atoms with Gasteiger partial charge in [-0.2, -0.15) is 0 Å². The van der Waals surface area contributed by atoms with Gasteiger partial charge in [0.2, 0.25) is 0 Å². The number of aliphatic carboxylic acids is 1. The average Bonchev–Trinajstić information content (AvgIpc) is 3.24. The number of carboxylic acid groups (broad SMARTS) is 1. The molecule has 1 aromatic heterocycles. The first-order valence-electron chi connectivity index (χ1n) is 10.7. The predicted molar refractivity (Wildman–Crippen MR) is 137 cm³/mol. The van der Waals surface area contributed by atoms with Crippen LogP contribution in [0.15, 0.2) is 71.3 Å². The van der Waals surface area contributed by atoms with E-state index in [9.17, 15) is 9.90 Å². The van der Waals surface area contributed by atoms with E-state index in [4.69, 9.17) is 21.1 Å². The minimum atomic E-state index is -0.908. The number of H-pyrrole nitrogens is 1. The smallest absolute Gasteiger partial charge is 0.321 e. The number of halogens is 2. The van der Waals surface area contributed by atoms with Crippen LogP contribution in [0.5, 0.6) is 11.5 Å². The summed E-state index contributed by atoms with van der Waals surface area (Å²) in [5, 5.41) is 14.6. The molecule has 0 amide bonds. The number of hydrogen-bond acceptors (Lipinski definition) is 4. The lowest BCUT2D eigenvalue weighted by Crippen LogP contribution is -2.38. The van der Waals surface area contributed by atoms with Crippen molar-refractivity contribution in [3.8, 4) is 11.5 Å². The van der Waals surface area contributed by atoms with Crippen LogP contribution in [0.1, 0.15) is 16.7 Å². The maximum atomic E-state index is 12.0. The van der Waals surface area contributed by atoms with Gasteiger partial charge in [0, 0.05) is 39.6 Å². The molecule has 0 saturated carbocycles. The molecule has 176 valence electrons. The van der Waals surface area contributed by atoms with E-state index in [2.05, 4.69) is 26.2 Å². The van der Waals surface area contributed by atoms with Crippen LogP contribution in [0.4, 0.5) is 0 Å². The van der Waals surface area contributed by atoms with Crippen LogP contribution in [-0.2, 0) is 24.4 Å². The first kappa shape index (κ1) is 24.1. The van der Waals surface area contributed by atoms with Crippen molar-refractivity contribution in [3.05, 3.63) is 93.0 Å². The molecule has 6 nitrogen and oxygen atoms in total. The van der Waals surface area contributed by atoms with Gasteiger partial charge in [-0.3, -0.25) is 10.1 Å². The number of carbonyl (C=O) groups is 1. The summed E-state index contributed by atoms with van der Waals surface area (Å²) in [6, 6.07) is 18.2. The standard InChI is InChI=1S/C26H24BrClN2O4/c1-33-24-11-18(21(27)12-25(24)34-15-16-5-4-6-19(28)9-16)14-30-23(26(31)32)10-17-13-29-22-8-3-2-7-20(17)22/h2-9,11-13,23,29-30H,10,14-15H2,1H3,(H,31,32). The van der Waals surface area contributed by atoms with Crippen molar-refractivity contribution in [2.24, 2.45) is 0 Å². The van der Waals surface area contributed by atoms with Gasteiger partial charge in [-0.25, -0.2) is 0 Å². The van der Waals surface area contributed by atoms with Gasteiger partial charge in [-0.1, -0.05) is 57.9 Å². The Morgan fingerprint density at radius 1 is 1.12 bits per heavy atom. The largest absolute Gasteiger partial charge is 0.493 e. The van der Waals surface area contributed by atoms with Crippen LogP contribution in [0, 0.1) is 0 Å².